The van der Waals surface area contributed by atoms with E-state index in [0.717, 1.165) is 43.8 Å². The Balaban J connectivity index is 1.47. The molecule has 0 bridgehead atoms. The van der Waals surface area contributed by atoms with Gasteiger partial charge in [0.25, 0.3) is 0 Å². The molecule has 3 aromatic rings. The first kappa shape index (κ1) is 22.2. The fourth-order valence-corrected chi connectivity index (χ4v) is 4.20. The van der Waals surface area contributed by atoms with Crippen molar-refractivity contribution < 1.29 is 13.9 Å². The van der Waals surface area contributed by atoms with Crippen molar-refractivity contribution in [2.45, 2.75) is 44.4 Å². The normalized spacial score (nSPS) is 19.3. The van der Waals surface area contributed by atoms with Gasteiger partial charge in [0.15, 0.2) is 5.82 Å². The summed E-state index contributed by atoms with van der Waals surface area (Å²) in [5.74, 6) is -0.512. The Morgan fingerprint density at radius 1 is 1.16 bits per heavy atom. The Morgan fingerprint density at radius 2 is 1.97 bits per heavy atom. The summed E-state index contributed by atoms with van der Waals surface area (Å²) in [5.41, 5.74) is -0.433. The molecule has 1 fully saturated rings. The SMILES string of the molecule is Cc1ccc(C(O)(CN2CCCC(Nc3ncc(F)cn3)CC2)Cn2cncn2)c(F)c1. The summed E-state index contributed by atoms with van der Waals surface area (Å²) in [6, 6.07) is 5.02. The molecule has 0 aliphatic carbocycles. The van der Waals surface area contributed by atoms with Crippen LogP contribution in [0.5, 0.6) is 0 Å². The zero-order valence-electron chi connectivity index (χ0n) is 18.0. The van der Waals surface area contributed by atoms with Crippen molar-refractivity contribution >= 4 is 5.95 Å². The van der Waals surface area contributed by atoms with Crippen LogP contribution in [0.1, 0.15) is 30.4 Å². The maximum Gasteiger partial charge on any atom is 0.222 e. The molecule has 4 rings (SSSR count). The van der Waals surface area contributed by atoms with Crippen molar-refractivity contribution in [2.24, 2.45) is 0 Å². The van der Waals surface area contributed by atoms with Gasteiger partial charge in [0.1, 0.15) is 24.1 Å². The number of benzene rings is 1. The smallest absolute Gasteiger partial charge is 0.222 e. The van der Waals surface area contributed by atoms with E-state index >= 15 is 0 Å². The topological polar surface area (TPSA) is 92.0 Å². The first-order valence-electron chi connectivity index (χ1n) is 10.7. The number of halogens is 2. The predicted octanol–water partition coefficient (Wildman–Crippen LogP) is 2.51. The fraction of sp³-hybridized carbons (Fsp3) is 0.455. The van der Waals surface area contributed by atoms with Gasteiger partial charge in [-0.3, -0.25) is 4.90 Å². The van der Waals surface area contributed by atoms with E-state index in [2.05, 4.69) is 30.3 Å². The molecular formula is C22H27F2N7O. The summed E-state index contributed by atoms with van der Waals surface area (Å²) in [5, 5.41) is 19.0. The van der Waals surface area contributed by atoms with Gasteiger partial charge in [-0.2, -0.15) is 5.10 Å². The largest absolute Gasteiger partial charge is 0.382 e. The molecule has 1 aliphatic rings. The molecule has 1 aliphatic heterocycles. The average Bonchev–Trinajstić information content (AvgIpc) is 3.16. The highest BCUT2D eigenvalue weighted by molar-refractivity contribution is 5.29. The van der Waals surface area contributed by atoms with Crippen LogP contribution in [0.2, 0.25) is 0 Å². The van der Waals surface area contributed by atoms with Crippen molar-refractivity contribution in [3.05, 3.63) is 66.0 Å². The second-order valence-electron chi connectivity index (χ2n) is 8.38. The van der Waals surface area contributed by atoms with Crippen molar-refractivity contribution in [2.75, 3.05) is 25.0 Å². The Labute approximate surface area is 185 Å². The number of hydrogen-bond donors (Lipinski definition) is 2. The molecule has 170 valence electrons. The number of rotatable bonds is 7. The number of aromatic nitrogens is 5. The molecule has 1 saturated heterocycles. The molecule has 0 radical (unpaired) electrons. The highest BCUT2D eigenvalue weighted by atomic mass is 19.1. The first-order chi connectivity index (χ1) is 15.4. The summed E-state index contributed by atoms with van der Waals surface area (Å²) in [7, 11) is 0. The van der Waals surface area contributed by atoms with Crippen LogP contribution in [0.3, 0.4) is 0 Å². The number of nitrogens with zero attached hydrogens (tertiary/aromatic N) is 6. The summed E-state index contributed by atoms with van der Waals surface area (Å²) < 4.78 is 29.4. The molecule has 2 N–H and O–H groups in total. The van der Waals surface area contributed by atoms with Gasteiger partial charge in [-0.15, -0.1) is 0 Å². The van der Waals surface area contributed by atoms with Crippen LogP contribution in [0.15, 0.2) is 43.2 Å². The van der Waals surface area contributed by atoms with Gasteiger partial charge >= 0.3 is 0 Å². The first-order valence-corrected chi connectivity index (χ1v) is 10.7. The molecule has 0 amide bonds. The molecule has 1 aromatic carbocycles. The Bertz CT molecular complexity index is 1020. The second-order valence-corrected chi connectivity index (χ2v) is 8.38. The zero-order chi connectivity index (χ0) is 22.6. The van der Waals surface area contributed by atoms with Crippen LogP contribution in [0, 0.1) is 18.6 Å². The van der Waals surface area contributed by atoms with Crippen LogP contribution in [-0.4, -0.2) is 60.4 Å². The maximum absolute atomic E-state index is 14.9. The molecule has 10 heteroatoms. The molecular weight excluding hydrogens is 416 g/mol. The number of aliphatic hydroxyl groups is 1. The van der Waals surface area contributed by atoms with Crippen LogP contribution < -0.4 is 5.32 Å². The lowest BCUT2D eigenvalue weighted by Gasteiger charge is -2.34. The second kappa shape index (κ2) is 9.66. The number of anilines is 1. The van der Waals surface area contributed by atoms with Crippen molar-refractivity contribution in [3.63, 3.8) is 0 Å². The van der Waals surface area contributed by atoms with E-state index < -0.39 is 17.2 Å². The molecule has 0 spiro atoms. The van der Waals surface area contributed by atoms with Gasteiger partial charge in [-0.05, 0) is 44.4 Å². The maximum atomic E-state index is 14.9. The zero-order valence-corrected chi connectivity index (χ0v) is 18.0. The van der Waals surface area contributed by atoms with Crippen LogP contribution in [0.25, 0.3) is 0 Å². The van der Waals surface area contributed by atoms with Gasteiger partial charge in [0, 0.05) is 24.7 Å². The van der Waals surface area contributed by atoms with Crippen molar-refractivity contribution in [3.8, 4) is 0 Å². The molecule has 0 saturated carbocycles. The van der Waals surface area contributed by atoms with Gasteiger partial charge in [-0.25, -0.2) is 28.4 Å². The van der Waals surface area contributed by atoms with Gasteiger partial charge in [0.05, 0.1) is 18.9 Å². The van der Waals surface area contributed by atoms with Gasteiger partial charge in [0.2, 0.25) is 5.95 Å². The summed E-state index contributed by atoms with van der Waals surface area (Å²) in [6.45, 7) is 3.62. The standard InChI is InChI=1S/C22H27F2N7O/c1-16-4-5-19(20(24)9-16)22(32,13-31-15-25-14-28-31)12-30-7-2-3-18(6-8-30)29-21-26-10-17(23)11-27-21/h4-5,9-11,14-15,18,32H,2-3,6-8,12-13H2,1H3,(H,26,27,29). The number of β-amino-alcohol motifs (C(OH)–C–C–N with tert-alkyl or cyclic N) is 1. The molecule has 32 heavy (non-hydrogen) atoms. The third kappa shape index (κ3) is 5.43. The Hall–Kier alpha value is -2.98. The minimum absolute atomic E-state index is 0.0918. The van der Waals surface area contributed by atoms with Gasteiger partial charge < -0.3 is 10.4 Å². The number of aryl methyl sites for hydroxylation is 1. The fourth-order valence-electron chi connectivity index (χ4n) is 4.20. The average molecular weight is 444 g/mol. The molecule has 2 unspecified atom stereocenters. The van der Waals surface area contributed by atoms with E-state index in [1.165, 1.54) is 23.4 Å². The Kier molecular flexibility index (Phi) is 6.71. The van der Waals surface area contributed by atoms with E-state index in [1.807, 2.05) is 6.92 Å². The van der Waals surface area contributed by atoms with E-state index in [-0.39, 0.29) is 24.7 Å². The number of nitrogens with one attached hydrogen (secondary N) is 1. The van der Waals surface area contributed by atoms with Crippen LogP contribution in [0.4, 0.5) is 14.7 Å². The molecule has 3 heterocycles. The monoisotopic (exact) mass is 443 g/mol. The lowest BCUT2D eigenvalue weighted by Crippen LogP contribution is -2.45. The van der Waals surface area contributed by atoms with Crippen LogP contribution >= 0.6 is 0 Å². The highest BCUT2D eigenvalue weighted by Gasteiger charge is 2.36. The summed E-state index contributed by atoms with van der Waals surface area (Å²) in [4.78, 5) is 14.0. The highest BCUT2D eigenvalue weighted by Crippen LogP contribution is 2.29. The minimum atomic E-state index is -1.47. The quantitative estimate of drug-likeness (QED) is 0.580. The van der Waals surface area contributed by atoms with Gasteiger partial charge in [-0.1, -0.05) is 12.1 Å². The third-order valence-corrected chi connectivity index (χ3v) is 5.78. The van der Waals surface area contributed by atoms with E-state index in [4.69, 9.17) is 0 Å². The lowest BCUT2D eigenvalue weighted by atomic mass is 9.91. The summed E-state index contributed by atoms with van der Waals surface area (Å²) in [6.07, 6.45) is 7.74. The summed E-state index contributed by atoms with van der Waals surface area (Å²) >= 11 is 0. The lowest BCUT2D eigenvalue weighted by molar-refractivity contribution is -0.0209. The van der Waals surface area contributed by atoms with Crippen LogP contribution in [-0.2, 0) is 12.1 Å². The van der Waals surface area contributed by atoms with E-state index in [0.29, 0.717) is 12.5 Å². The van der Waals surface area contributed by atoms with E-state index in [9.17, 15) is 13.9 Å². The number of likely N-dealkylation sites (tertiary alicyclic amines) is 1. The van der Waals surface area contributed by atoms with E-state index in [1.54, 1.807) is 12.1 Å². The minimum Gasteiger partial charge on any atom is -0.382 e. The third-order valence-electron chi connectivity index (χ3n) is 5.78. The predicted molar refractivity (Wildman–Crippen MR) is 115 cm³/mol. The molecule has 8 nitrogen and oxygen atoms in total. The van der Waals surface area contributed by atoms with Crippen molar-refractivity contribution in [1.82, 2.24) is 29.6 Å². The number of hydrogen-bond acceptors (Lipinski definition) is 7. The molecule has 2 atom stereocenters. The molecule has 2 aromatic heterocycles. The van der Waals surface area contributed by atoms with Crippen molar-refractivity contribution in [1.29, 1.82) is 0 Å². The Morgan fingerprint density at radius 3 is 2.69 bits per heavy atom.